The number of aromatic nitrogens is 4. The molecular formula is C29H28Cl2F5N7O3S. The Kier molecular flexibility index (Phi) is 10.4. The van der Waals surface area contributed by atoms with Crippen molar-refractivity contribution >= 4 is 69.2 Å². The van der Waals surface area contributed by atoms with E-state index in [1.54, 1.807) is 26.0 Å². The second-order valence-electron chi connectivity index (χ2n) is 10.9. The molecule has 1 saturated carbocycles. The molecule has 0 spiro atoms. The summed E-state index contributed by atoms with van der Waals surface area (Å²) >= 11 is 14.3. The topological polar surface area (TPSA) is 134 Å². The van der Waals surface area contributed by atoms with Gasteiger partial charge in [0.25, 0.3) is 18.2 Å². The van der Waals surface area contributed by atoms with E-state index in [1.807, 2.05) is 0 Å². The number of hydrogen-bond acceptors (Lipinski definition) is 8. The summed E-state index contributed by atoms with van der Waals surface area (Å²) in [6.07, 6.45) is -7.24. The van der Waals surface area contributed by atoms with Gasteiger partial charge in [-0.2, -0.15) is 23.1 Å². The van der Waals surface area contributed by atoms with Crippen LogP contribution in [0.15, 0.2) is 18.2 Å². The average molecular weight is 721 g/mol. The highest BCUT2D eigenvalue weighted by Crippen LogP contribution is 2.38. The summed E-state index contributed by atoms with van der Waals surface area (Å²) in [6.45, 7) is 2.57. The first-order chi connectivity index (χ1) is 22.2. The lowest BCUT2D eigenvalue weighted by Crippen LogP contribution is -2.40. The number of ether oxygens (including phenoxy) is 1. The number of pyridine rings is 1. The number of aromatic amines is 1. The average Bonchev–Trinajstić information content (AvgIpc) is 3.57. The third-order valence-corrected chi connectivity index (χ3v) is 9.34. The third kappa shape index (κ3) is 8.22. The number of aryl methyl sites for hydroxylation is 2. The lowest BCUT2D eigenvalue weighted by molar-refractivity contribution is -0.182. The summed E-state index contributed by atoms with van der Waals surface area (Å²) in [6, 6.07) is 3.97. The van der Waals surface area contributed by atoms with Crippen LogP contribution in [-0.4, -0.2) is 57.0 Å². The van der Waals surface area contributed by atoms with Gasteiger partial charge in [0.2, 0.25) is 11.8 Å². The summed E-state index contributed by atoms with van der Waals surface area (Å²) in [7, 11) is 0. The SMILES string of the molecule is Cc1nc(C)c(C(=O)NCc2ccc(Cl)c(Nc3nc4nc(OCC(F)F)c(C(=O)N[C@H]5CC[C@H](C(F)(F)F)CC5)cc4[nH]3)c2Cl)s1. The molecule has 0 unspecified atom stereocenters. The van der Waals surface area contributed by atoms with Gasteiger partial charge in [0.05, 0.1) is 37.9 Å². The quantitative estimate of drug-likeness (QED) is 0.125. The number of H-pyrrole nitrogens is 1. The van der Waals surface area contributed by atoms with Crippen molar-refractivity contribution in [3.63, 3.8) is 0 Å². The van der Waals surface area contributed by atoms with Crippen LogP contribution >= 0.6 is 34.5 Å². The van der Waals surface area contributed by atoms with E-state index in [2.05, 4.69) is 35.9 Å². The molecule has 1 fully saturated rings. The normalized spacial score (nSPS) is 16.8. The van der Waals surface area contributed by atoms with E-state index in [1.165, 1.54) is 17.4 Å². The van der Waals surface area contributed by atoms with Crippen LogP contribution in [0.4, 0.5) is 33.6 Å². The maximum atomic E-state index is 13.2. The molecule has 1 aliphatic rings. The molecule has 0 radical (unpaired) electrons. The highest BCUT2D eigenvalue weighted by Gasteiger charge is 2.41. The van der Waals surface area contributed by atoms with Crippen LogP contribution < -0.4 is 20.7 Å². The first-order valence-electron chi connectivity index (χ1n) is 14.3. The van der Waals surface area contributed by atoms with Crippen LogP contribution in [0.2, 0.25) is 10.0 Å². The number of rotatable bonds is 10. The number of benzene rings is 1. The van der Waals surface area contributed by atoms with Crippen LogP contribution in [0.25, 0.3) is 11.2 Å². The standard InChI is InChI=1S/C29H28Cl2F5N7O3S/c1-12-23(47-13(2)38-12)26(45)37-10-14-3-8-18(30)22(21(14)31)41-28-40-19-9-17(27(42-24(19)43-28)46-11-20(32)33)25(44)39-16-6-4-15(5-7-16)29(34,35)36/h3,8-9,15-16,20H,4-7,10-11H2,1-2H3,(H,37,45)(H,39,44)(H2,40,41,42,43)/t15-,16-. The number of halogens is 7. The van der Waals surface area contributed by atoms with Gasteiger partial charge in [-0.1, -0.05) is 29.3 Å². The fraction of sp³-hybridized carbons (Fsp3) is 0.414. The Balaban J connectivity index is 1.35. The van der Waals surface area contributed by atoms with Gasteiger partial charge >= 0.3 is 6.18 Å². The molecular weight excluding hydrogens is 692 g/mol. The number of anilines is 2. The van der Waals surface area contributed by atoms with Gasteiger partial charge in [-0.25, -0.2) is 13.8 Å². The van der Waals surface area contributed by atoms with Crippen LogP contribution in [0.1, 0.15) is 62.0 Å². The predicted molar refractivity (Wildman–Crippen MR) is 167 cm³/mol. The van der Waals surface area contributed by atoms with E-state index in [9.17, 15) is 31.5 Å². The fourth-order valence-corrected chi connectivity index (χ4v) is 6.56. The summed E-state index contributed by atoms with van der Waals surface area (Å²) in [5.41, 5.74) is 1.41. The zero-order valence-corrected chi connectivity index (χ0v) is 27.2. The molecule has 18 heteroatoms. The number of carbonyl (C=O) groups excluding carboxylic acids is 2. The van der Waals surface area contributed by atoms with Gasteiger partial charge in [-0.3, -0.25) is 9.59 Å². The Bertz CT molecular complexity index is 1790. The van der Waals surface area contributed by atoms with Crippen LogP contribution in [0, 0.1) is 19.8 Å². The minimum absolute atomic E-state index is 0.00452. The highest BCUT2D eigenvalue weighted by molar-refractivity contribution is 7.13. The lowest BCUT2D eigenvalue weighted by atomic mass is 9.85. The van der Waals surface area contributed by atoms with E-state index >= 15 is 0 Å². The number of fused-ring (bicyclic) bond motifs is 1. The molecule has 0 saturated heterocycles. The fourth-order valence-electron chi connectivity index (χ4n) is 5.19. The van der Waals surface area contributed by atoms with Crippen molar-refractivity contribution in [2.24, 2.45) is 5.92 Å². The predicted octanol–water partition coefficient (Wildman–Crippen LogP) is 7.51. The van der Waals surface area contributed by atoms with Crippen molar-refractivity contribution < 1.29 is 36.3 Å². The smallest absolute Gasteiger partial charge is 0.391 e. The van der Waals surface area contributed by atoms with E-state index in [0.717, 1.165) is 5.01 Å². The molecule has 3 heterocycles. The molecule has 10 nitrogen and oxygen atoms in total. The summed E-state index contributed by atoms with van der Waals surface area (Å²) in [5, 5.41) is 9.60. The number of alkyl halides is 5. The Morgan fingerprint density at radius 3 is 2.45 bits per heavy atom. The molecule has 252 valence electrons. The summed E-state index contributed by atoms with van der Waals surface area (Å²) < 4.78 is 70.3. The van der Waals surface area contributed by atoms with Gasteiger partial charge in [-0.05, 0) is 57.2 Å². The zero-order chi connectivity index (χ0) is 34.0. The molecule has 47 heavy (non-hydrogen) atoms. The summed E-state index contributed by atoms with van der Waals surface area (Å²) in [4.78, 5) is 42.0. The van der Waals surface area contributed by atoms with Crippen LogP contribution in [0.5, 0.6) is 5.88 Å². The monoisotopic (exact) mass is 719 g/mol. The molecule has 0 aliphatic heterocycles. The second kappa shape index (κ2) is 14.2. The first-order valence-corrected chi connectivity index (χ1v) is 15.9. The number of nitrogens with zero attached hydrogens (tertiary/aromatic N) is 3. The van der Waals surface area contributed by atoms with Crippen molar-refractivity contribution in [3.05, 3.63) is 54.9 Å². The largest absolute Gasteiger partial charge is 0.471 e. The Labute approximate surface area is 278 Å². The third-order valence-electron chi connectivity index (χ3n) is 7.52. The van der Waals surface area contributed by atoms with Gasteiger partial charge < -0.3 is 25.7 Å². The van der Waals surface area contributed by atoms with Crippen LogP contribution in [0.3, 0.4) is 0 Å². The van der Waals surface area contributed by atoms with Crippen molar-refractivity contribution in [1.29, 1.82) is 0 Å². The highest BCUT2D eigenvalue weighted by atomic mass is 35.5. The van der Waals surface area contributed by atoms with E-state index in [-0.39, 0.29) is 76.5 Å². The maximum Gasteiger partial charge on any atom is 0.391 e. The van der Waals surface area contributed by atoms with Crippen molar-refractivity contribution in [2.45, 2.75) is 64.7 Å². The molecule has 4 aromatic rings. The molecule has 5 rings (SSSR count). The number of hydrogen-bond donors (Lipinski definition) is 4. The first kappa shape index (κ1) is 34.6. The molecule has 2 amide bonds. The summed E-state index contributed by atoms with van der Waals surface area (Å²) in [5.74, 6) is -2.83. The van der Waals surface area contributed by atoms with Gasteiger partial charge in [0.1, 0.15) is 10.4 Å². The van der Waals surface area contributed by atoms with E-state index < -0.39 is 43.0 Å². The molecule has 1 aromatic carbocycles. The van der Waals surface area contributed by atoms with Crippen molar-refractivity contribution in [2.75, 3.05) is 11.9 Å². The number of carbonyl (C=O) groups is 2. The molecule has 0 atom stereocenters. The minimum Gasteiger partial charge on any atom is -0.471 e. The van der Waals surface area contributed by atoms with Gasteiger partial charge in [0.15, 0.2) is 12.3 Å². The van der Waals surface area contributed by atoms with Gasteiger partial charge in [-0.15, -0.1) is 11.3 Å². The number of amides is 2. The van der Waals surface area contributed by atoms with E-state index in [4.69, 9.17) is 27.9 Å². The maximum absolute atomic E-state index is 13.2. The Hall–Kier alpha value is -3.76. The molecule has 1 aliphatic carbocycles. The Morgan fingerprint density at radius 1 is 1.09 bits per heavy atom. The Morgan fingerprint density at radius 2 is 1.81 bits per heavy atom. The minimum atomic E-state index is -4.31. The number of nitrogens with one attached hydrogen (secondary N) is 4. The van der Waals surface area contributed by atoms with Gasteiger partial charge in [0, 0.05) is 12.6 Å². The lowest BCUT2D eigenvalue weighted by Gasteiger charge is -2.30. The van der Waals surface area contributed by atoms with Crippen molar-refractivity contribution in [3.8, 4) is 5.88 Å². The molecule has 4 N–H and O–H groups in total. The number of imidazole rings is 1. The van der Waals surface area contributed by atoms with Crippen LogP contribution in [-0.2, 0) is 6.54 Å². The molecule has 0 bridgehead atoms. The number of thiazole rings is 1. The van der Waals surface area contributed by atoms with E-state index in [0.29, 0.717) is 16.1 Å². The second-order valence-corrected chi connectivity index (χ2v) is 12.9. The molecule has 3 aromatic heterocycles. The zero-order valence-electron chi connectivity index (χ0n) is 24.8. The van der Waals surface area contributed by atoms with Crippen molar-refractivity contribution in [1.82, 2.24) is 30.6 Å².